The normalized spacial score (nSPS) is 16.2. The van der Waals surface area contributed by atoms with E-state index in [9.17, 15) is 14.7 Å². The smallest absolute Gasteiger partial charge is 0.410 e. The number of aliphatic carboxylic acids is 1. The van der Waals surface area contributed by atoms with Crippen LogP contribution in [0.1, 0.15) is 74.7 Å². The Labute approximate surface area is 200 Å². The largest absolute Gasteiger partial charge is 0.506 e. The van der Waals surface area contributed by atoms with Gasteiger partial charge in [-0.1, -0.05) is 30.8 Å². The standard InChI is InChI=1S/C18H23N3O4.C7H12O2/c1-11-14(10-24-18(23)21(3)13-6-4-5-7-13)17(25-20-11)15-8-9-16(22)12(2)19-15;8-7(9)5-6-3-1-2-4-6/h8-9,13,22H,4-7,10H2,1-3H3;6H,1-5H2,(H,8,9). The number of carbonyl (C=O) groups is 2. The Hall–Kier alpha value is -3.10. The molecule has 2 aliphatic rings. The molecule has 0 atom stereocenters. The summed E-state index contributed by atoms with van der Waals surface area (Å²) in [5, 5.41) is 22.0. The van der Waals surface area contributed by atoms with E-state index in [4.69, 9.17) is 14.4 Å². The van der Waals surface area contributed by atoms with E-state index in [1.807, 2.05) is 0 Å². The number of pyridine rings is 1. The lowest BCUT2D eigenvalue weighted by Crippen LogP contribution is -2.35. The molecule has 0 saturated heterocycles. The van der Waals surface area contributed by atoms with E-state index < -0.39 is 5.97 Å². The maximum Gasteiger partial charge on any atom is 0.410 e. The predicted molar refractivity (Wildman–Crippen MR) is 125 cm³/mol. The molecule has 2 fully saturated rings. The van der Waals surface area contributed by atoms with Gasteiger partial charge in [-0.25, -0.2) is 9.78 Å². The van der Waals surface area contributed by atoms with Crippen LogP contribution in [0.15, 0.2) is 16.7 Å². The summed E-state index contributed by atoms with van der Waals surface area (Å²) in [5.74, 6) is 0.424. The van der Waals surface area contributed by atoms with Crippen molar-refractivity contribution in [2.45, 2.75) is 84.3 Å². The number of nitrogens with zero attached hydrogens (tertiary/aromatic N) is 3. The number of carboxylic acids is 1. The molecule has 0 bridgehead atoms. The van der Waals surface area contributed by atoms with Crippen molar-refractivity contribution >= 4 is 12.1 Å². The molecule has 9 nitrogen and oxygen atoms in total. The van der Waals surface area contributed by atoms with Gasteiger partial charge in [0, 0.05) is 19.5 Å². The maximum atomic E-state index is 12.3. The molecule has 2 heterocycles. The topological polar surface area (TPSA) is 126 Å². The van der Waals surface area contributed by atoms with Crippen LogP contribution >= 0.6 is 0 Å². The van der Waals surface area contributed by atoms with Gasteiger partial charge in [-0.05, 0) is 57.6 Å². The van der Waals surface area contributed by atoms with E-state index in [1.54, 1.807) is 37.9 Å². The number of rotatable bonds is 6. The first-order valence-corrected chi connectivity index (χ1v) is 12.0. The van der Waals surface area contributed by atoms with Gasteiger partial charge >= 0.3 is 12.1 Å². The molecule has 2 aliphatic carbocycles. The fourth-order valence-electron chi connectivity index (χ4n) is 4.58. The second-order valence-corrected chi connectivity index (χ2v) is 9.23. The van der Waals surface area contributed by atoms with Crippen molar-refractivity contribution in [1.29, 1.82) is 0 Å². The van der Waals surface area contributed by atoms with Crippen molar-refractivity contribution in [3.05, 3.63) is 29.1 Å². The molecule has 2 aromatic rings. The first-order valence-electron chi connectivity index (χ1n) is 12.0. The average molecular weight is 474 g/mol. The molecule has 0 aromatic carbocycles. The Kier molecular flexibility index (Phi) is 8.90. The van der Waals surface area contributed by atoms with Gasteiger partial charge in [0.05, 0.1) is 17.0 Å². The Balaban J connectivity index is 0.000000302. The van der Waals surface area contributed by atoms with E-state index >= 15 is 0 Å². The number of amides is 1. The number of carboxylic acid groups (broad SMARTS) is 1. The molecule has 0 unspecified atom stereocenters. The lowest BCUT2D eigenvalue weighted by Gasteiger charge is -2.23. The number of hydrogen-bond acceptors (Lipinski definition) is 7. The lowest BCUT2D eigenvalue weighted by molar-refractivity contribution is -0.138. The van der Waals surface area contributed by atoms with Crippen LogP contribution in [0.5, 0.6) is 5.75 Å². The van der Waals surface area contributed by atoms with Gasteiger partial charge in [0.2, 0.25) is 0 Å². The minimum absolute atomic E-state index is 0.0716. The quantitative estimate of drug-likeness (QED) is 0.585. The Morgan fingerprint density at radius 3 is 2.35 bits per heavy atom. The minimum atomic E-state index is -0.637. The molecule has 9 heteroatoms. The molecule has 0 radical (unpaired) electrons. The summed E-state index contributed by atoms with van der Waals surface area (Å²) < 4.78 is 10.8. The van der Waals surface area contributed by atoms with Gasteiger partial charge < -0.3 is 24.4 Å². The highest BCUT2D eigenvalue weighted by Crippen LogP contribution is 2.29. The summed E-state index contributed by atoms with van der Waals surface area (Å²) >= 11 is 0. The molecule has 4 rings (SSSR count). The first kappa shape index (κ1) is 25.5. The van der Waals surface area contributed by atoms with Crippen LogP contribution < -0.4 is 0 Å². The monoisotopic (exact) mass is 473 g/mol. The number of hydrogen-bond donors (Lipinski definition) is 2. The van der Waals surface area contributed by atoms with Crippen molar-refractivity contribution in [2.24, 2.45) is 5.92 Å². The van der Waals surface area contributed by atoms with Crippen molar-refractivity contribution in [3.8, 4) is 17.2 Å². The second kappa shape index (κ2) is 11.9. The first-order chi connectivity index (χ1) is 16.3. The number of aryl methyl sites for hydroxylation is 2. The van der Waals surface area contributed by atoms with Crippen molar-refractivity contribution in [3.63, 3.8) is 0 Å². The van der Waals surface area contributed by atoms with E-state index in [2.05, 4.69) is 10.1 Å². The van der Waals surface area contributed by atoms with Crippen LogP contribution in [0, 0.1) is 19.8 Å². The molecular formula is C25H35N3O6. The Morgan fingerprint density at radius 2 is 1.74 bits per heavy atom. The van der Waals surface area contributed by atoms with Crippen LogP contribution in [0.25, 0.3) is 11.5 Å². The van der Waals surface area contributed by atoms with Crippen molar-refractivity contribution in [1.82, 2.24) is 15.0 Å². The molecular weight excluding hydrogens is 438 g/mol. The highest BCUT2D eigenvalue weighted by Gasteiger charge is 2.25. The zero-order valence-corrected chi connectivity index (χ0v) is 20.2. The third-order valence-corrected chi connectivity index (χ3v) is 6.71. The summed E-state index contributed by atoms with van der Waals surface area (Å²) in [6.07, 6.45) is 9.15. The average Bonchev–Trinajstić information content (AvgIpc) is 3.57. The number of carbonyl (C=O) groups excluding carboxylic acids is 1. The molecule has 2 aromatic heterocycles. The third-order valence-electron chi connectivity index (χ3n) is 6.71. The zero-order chi connectivity index (χ0) is 24.7. The number of aromatic hydroxyl groups is 1. The van der Waals surface area contributed by atoms with E-state index in [0.29, 0.717) is 40.7 Å². The van der Waals surface area contributed by atoms with E-state index in [1.165, 1.54) is 12.8 Å². The highest BCUT2D eigenvalue weighted by atomic mass is 16.6. The minimum Gasteiger partial charge on any atom is -0.506 e. The zero-order valence-electron chi connectivity index (χ0n) is 20.2. The summed E-state index contributed by atoms with van der Waals surface area (Å²) in [6, 6.07) is 3.47. The van der Waals surface area contributed by atoms with Crippen molar-refractivity contribution in [2.75, 3.05) is 7.05 Å². The van der Waals surface area contributed by atoms with Crippen LogP contribution in [0.4, 0.5) is 4.79 Å². The molecule has 186 valence electrons. The molecule has 2 saturated carbocycles. The summed E-state index contributed by atoms with van der Waals surface area (Å²) in [4.78, 5) is 28.4. The van der Waals surface area contributed by atoms with Crippen LogP contribution in [-0.4, -0.2) is 50.4 Å². The van der Waals surface area contributed by atoms with Crippen LogP contribution in [0.3, 0.4) is 0 Å². The number of ether oxygens (including phenoxy) is 1. The van der Waals surface area contributed by atoms with Gasteiger partial charge in [0.15, 0.2) is 5.76 Å². The maximum absolute atomic E-state index is 12.3. The second-order valence-electron chi connectivity index (χ2n) is 9.23. The van der Waals surface area contributed by atoms with Crippen molar-refractivity contribution < 1.29 is 29.1 Å². The molecule has 0 aliphatic heterocycles. The Bertz CT molecular complexity index is 977. The number of aromatic nitrogens is 2. The summed E-state index contributed by atoms with van der Waals surface area (Å²) in [6.45, 7) is 3.57. The summed E-state index contributed by atoms with van der Waals surface area (Å²) in [5.41, 5.74) is 2.38. The van der Waals surface area contributed by atoms with E-state index in [0.717, 1.165) is 38.5 Å². The fraction of sp³-hybridized carbons (Fsp3) is 0.600. The van der Waals surface area contributed by atoms with Crippen LogP contribution in [-0.2, 0) is 16.1 Å². The van der Waals surface area contributed by atoms with Crippen LogP contribution in [0.2, 0.25) is 0 Å². The van der Waals surface area contributed by atoms with Gasteiger partial charge in [-0.2, -0.15) is 0 Å². The molecule has 1 amide bonds. The molecule has 0 spiro atoms. The highest BCUT2D eigenvalue weighted by molar-refractivity contribution is 5.68. The van der Waals surface area contributed by atoms with E-state index in [-0.39, 0.29) is 24.5 Å². The molecule has 34 heavy (non-hydrogen) atoms. The Morgan fingerprint density at radius 1 is 1.09 bits per heavy atom. The third kappa shape index (κ3) is 6.71. The van der Waals surface area contributed by atoms with Gasteiger partial charge in [-0.15, -0.1) is 0 Å². The SMILES string of the molecule is Cc1nc(-c2onc(C)c2COC(=O)N(C)C2CCCC2)ccc1O.O=C(O)CC1CCCC1. The molecule has 2 N–H and O–H groups in total. The van der Waals surface area contributed by atoms with Gasteiger partial charge in [-0.3, -0.25) is 4.79 Å². The van der Waals surface area contributed by atoms with Gasteiger partial charge in [0.25, 0.3) is 0 Å². The van der Waals surface area contributed by atoms with Gasteiger partial charge in [0.1, 0.15) is 18.1 Å². The fourth-order valence-corrected chi connectivity index (χ4v) is 4.58. The lowest BCUT2D eigenvalue weighted by atomic mass is 10.1. The summed E-state index contributed by atoms with van der Waals surface area (Å²) in [7, 11) is 1.78. The predicted octanol–water partition coefficient (Wildman–Crippen LogP) is 5.22.